The summed E-state index contributed by atoms with van der Waals surface area (Å²) in [7, 11) is 3.48. The minimum absolute atomic E-state index is 0.0918. The van der Waals surface area contributed by atoms with Crippen LogP contribution in [0.2, 0.25) is 0 Å². The zero-order valence-corrected chi connectivity index (χ0v) is 10.3. The van der Waals surface area contributed by atoms with Crippen molar-refractivity contribution in [2.75, 3.05) is 13.6 Å². The van der Waals surface area contributed by atoms with E-state index in [0.29, 0.717) is 12.1 Å². The molecule has 5 nitrogen and oxygen atoms in total. The van der Waals surface area contributed by atoms with E-state index >= 15 is 0 Å². The van der Waals surface area contributed by atoms with Crippen LogP contribution < -0.4 is 0 Å². The first kappa shape index (κ1) is 12.7. The standard InChI is InChI=1S/C11H19N3O2/c1-5-10-9(7-14(4)12-10)11(16)13(3)6-8(2)15/h7-8,15H,5-6H2,1-4H3. The maximum Gasteiger partial charge on any atom is 0.257 e. The molecule has 1 amide bonds. The Morgan fingerprint density at radius 1 is 1.69 bits per heavy atom. The van der Waals surface area contributed by atoms with Crippen LogP contribution in [0.25, 0.3) is 0 Å². The Morgan fingerprint density at radius 3 is 2.81 bits per heavy atom. The SMILES string of the molecule is CCc1nn(C)cc1C(=O)N(C)CC(C)O. The quantitative estimate of drug-likeness (QED) is 0.808. The zero-order valence-electron chi connectivity index (χ0n) is 10.3. The van der Waals surface area contributed by atoms with E-state index in [0.717, 1.165) is 12.1 Å². The molecule has 5 heteroatoms. The third-order valence-electron chi connectivity index (χ3n) is 2.36. The largest absolute Gasteiger partial charge is 0.392 e. The molecule has 1 aromatic heterocycles. The van der Waals surface area contributed by atoms with Gasteiger partial charge < -0.3 is 10.0 Å². The number of hydrogen-bond donors (Lipinski definition) is 1. The molecule has 1 atom stereocenters. The third-order valence-corrected chi connectivity index (χ3v) is 2.36. The van der Waals surface area contributed by atoms with Crippen molar-refractivity contribution < 1.29 is 9.90 Å². The lowest BCUT2D eigenvalue weighted by atomic mass is 10.2. The number of carbonyl (C=O) groups excluding carboxylic acids is 1. The van der Waals surface area contributed by atoms with Gasteiger partial charge in [0.05, 0.1) is 17.4 Å². The second kappa shape index (κ2) is 5.12. The predicted molar refractivity (Wildman–Crippen MR) is 61.2 cm³/mol. The van der Waals surface area contributed by atoms with Gasteiger partial charge in [-0.25, -0.2) is 0 Å². The molecule has 16 heavy (non-hydrogen) atoms. The van der Waals surface area contributed by atoms with Crippen LogP contribution in [-0.4, -0.2) is 45.4 Å². The highest BCUT2D eigenvalue weighted by Crippen LogP contribution is 2.10. The summed E-state index contributed by atoms with van der Waals surface area (Å²) in [6.45, 7) is 3.96. The summed E-state index contributed by atoms with van der Waals surface area (Å²) in [5.74, 6) is -0.0918. The van der Waals surface area contributed by atoms with Gasteiger partial charge in [0.1, 0.15) is 0 Å². The minimum Gasteiger partial charge on any atom is -0.392 e. The molecular weight excluding hydrogens is 206 g/mol. The van der Waals surface area contributed by atoms with Crippen molar-refractivity contribution in [3.8, 4) is 0 Å². The topological polar surface area (TPSA) is 58.4 Å². The van der Waals surface area contributed by atoms with Crippen LogP contribution in [0.15, 0.2) is 6.20 Å². The van der Waals surface area contributed by atoms with Crippen molar-refractivity contribution in [3.63, 3.8) is 0 Å². The summed E-state index contributed by atoms with van der Waals surface area (Å²) in [4.78, 5) is 13.5. The number of aryl methyl sites for hydroxylation is 2. The average Bonchev–Trinajstić information content (AvgIpc) is 2.57. The van der Waals surface area contributed by atoms with Crippen molar-refractivity contribution in [3.05, 3.63) is 17.5 Å². The van der Waals surface area contributed by atoms with E-state index in [2.05, 4.69) is 5.10 Å². The molecule has 1 rings (SSSR count). The number of amides is 1. The van der Waals surface area contributed by atoms with E-state index in [4.69, 9.17) is 0 Å². The molecule has 1 unspecified atom stereocenters. The summed E-state index contributed by atoms with van der Waals surface area (Å²) in [6, 6.07) is 0. The van der Waals surface area contributed by atoms with E-state index in [9.17, 15) is 9.90 Å². The summed E-state index contributed by atoms with van der Waals surface area (Å²) in [6.07, 6.45) is 1.93. The van der Waals surface area contributed by atoms with Crippen LogP contribution in [0.3, 0.4) is 0 Å². The first-order valence-electron chi connectivity index (χ1n) is 5.41. The summed E-state index contributed by atoms with van der Waals surface area (Å²) in [5, 5.41) is 13.5. The van der Waals surface area contributed by atoms with Crippen LogP contribution >= 0.6 is 0 Å². The second-order valence-electron chi connectivity index (χ2n) is 4.05. The Balaban J connectivity index is 2.86. The highest BCUT2D eigenvalue weighted by molar-refractivity contribution is 5.95. The molecule has 1 N–H and O–H groups in total. The van der Waals surface area contributed by atoms with Gasteiger partial charge >= 0.3 is 0 Å². The lowest BCUT2D eigenvalue weighted by Crippen LogP contribution is -2.33. The van der Waals surface area contributed by atoms with Gasteiger partial charge in [-0.3, -0.25) is 9.48 Å². The Morgan fingerprint density at radius 2 is 2.31 bits per heavy atom. The molecule has 0 saturated heterocycles. The van der Waals surface area contributed by atoms with Crippen molar-refractivity contribution in [1.29, 1.82) is 0 Å². The Hall–Kier alpha value is -1.36. The van der Waals surface area contributed by atoms with Crippen LogP contribution in [-0.2, 0) is 13.5 Å². The van der Waals surface area contributed by atoms with Crippen molar-refractivity contribution in [2.24, 2.45) is 7.05 Å². The van der Waals surface area contributed by atoms with Gasteiger partial charge in [-0.05, 0) is 13.3 Å². The number of aromatic nitrogens is 2. The fourth-order valence-electron chi connectivity index (χ4n) is 1.66. The van der Waals surface area contributed by atoms with Gasteiger partial charge in [-0.1, -0.05) is 6.92 Å². The van der Waals surface area contributed by atoms with E-state index in [1.807, 2.05) is 6.92 Å². The maximum atomic E-state index is 12.0. The van der Waals surface area contributed by atoms with Gasteiger partial charge in [0.2, 0.25) is 0 Å². The van der Waals surface area contributed by atoms with E-state index in [-0.39, 0.29) is 5.91 Å². The average molecular weight is 225 g/mol. The number of carbonyl (C=O) groups is 1. The van der Waals surface area contributed by atoms with E-state index in [1.165, 1.54) is 4.90 Å². The Kier molecular flexibility index (Phi) is 4.06. The van der Waals surface area contributed by atoms with Gasteiger partial charge in [0.15, 0.2) is 0 Å². The molecule has 0 bridgehead atoms. The highest BCUT2D eigenvalue weighted by Gasteiger charge is 2.18. The maximum absolute atomic E-state index is 12.0. The number of nitrogens with zero attached hydrogens (tertiary/aromatic N) is 3. The molecule has 0 aliphatic heterocycles. The number of aliphatic hydroxyl groups excluding tert-OH is 1. The van der Waals surface area contributed by atoms with Crippen LogP contribution in [0.1, 0.15) is 29.9 Å². The molecule has 0 saturated carbocycles. The molecule has 90 valence electrons. The summed E-state index contributed by atoms with van der Waals surface area (Å²) in [5.41, 5.74) is 1.41. The fraction of sp³-hybridized carbons (Fsp3) is 0.636. The third kappa shape index (κ3) is 2.82. The molecule has 0 fully saturated rings. The molecule has 1 aromatic rings. The lowest BCUT2D eigenvalue weighted by molar-refractivity contribution is 0.0702. The first-order valence-corrected chi connectivity index (χ1v) is 5.41. The van der Waals surface area contributed by atoms with Crippen molar-refractivity contribution in [2.45, 2.75) is 26.4 Å². The first-order chi connectivity index (χ1) is 7.45. The monoisotopic (exact) mass is 225 g/mol. The van der Waals surface area contributed by atoms with Gasteiger partial charge in [0, 0.05) is 26.8 Å². The molecule has 0 aliphatic carbocycles. The second-order valence-corrected chi connectivity index (χ2v) is 4.05. The summed E-state index contributed by atoms with van der Waals surface area (Å²) >= 11 is 0. The molecular formula is C11H19N3O2. The van der Waals surface area contributed by atoms with Crippen LogP contribution in [0, 0.1) is 0 Å². The minimum atomic E-state index is -0.518. The molecule has 0 aromatic carbocycles. The number of likely N-dealkylation sites (N-methyl/N-ethyl adjacent to an activating group) is 1. The normalized spacial score (nSPS) is 12.6. The molecule has 0 spiro atoms. The van der Waals surface area contributed by atoms with E-state index in [1.54, 1.807) is 31.9 Å². The van der Waals surface area contributed by atoms with Crippen molar-refractivity contribution in [1.82, 2.24) is 14.7 Å². The number of hydrogen-bond acceptors (Lipinski definition) is 3. The van der Waals surface area contributed by atoms with Crippen molar-refractivity contribution >= 4 is 5.91 Å². The molecule has 0 aliphatic rings. The van der Waals surface area contributed by atoms with Crippen LogP contribution in [0.4, 0.5) is 0 Å². The highest BCUT2D eigenvalue weighted by atomic mass is 16.3. The smallest absolute Gasteiger partial charge is 0.257 e. The summed E-state index contributed by atoms with van der Waals surface area (Å²) < 4.78 is 1.64. The van der Waals surface area contributed by atoms with Crippen LogP contribution in [0.5, 0.6) is 0 Å². The number of rotatable bonds is 4. The number of aliphatic hydroxyl groups is 1. The lowest BCUT2D eigenvalue weighted by Gasteiger charge is -2.18. The fourth-order valence-corrected chi connectivity index (χ4v) is 1.66. The van der Waals surface area contributed by atoms with E-state index < -0.39 is 6.10 Å². The Labute approximate surface area is 95.7 Å². The Bertz CT molecular complexity index is 371. The van der Waals surface area contributed by atoms with Gasteiger partial charge in [0.25, 0.3) is 5.91 Å². The molecule has 1 heterocycles. The predicted octanol–water partition coefficient (Wildman–Crippen LogP) is 0.435. The molecule has 0 radical (unpaired) electrons. The van der Waals surface area contributed by atoms with Gasteiger partial charge in [-0.15, -0.1) is 0 Å². The zero-order chi connectivity index (χ0) is 12.3. The van der Waals surface area contributed by atoms with Gasteiger partial charge in [-0.2, -0.15) is 5.10 Å².